The largest absolute Gasteiger partial charge is 0.493 e. The molecule has 0 radical (unpaired) electrons. The van der Waals surface area contributed by atoms with E-state index < -0.39 is 11.9 Å². The number of aliphatic carboxylic acids is 1. The Morgan fingerprint density at radius 1 is 1.29 bits per heavy atom. The van der Waals surface area contributed by atoms with E-state index in [2.05, 4.69) is 19.2 Å². The number of carbonyl (C=O) groups excluding carboxylic acids is 1. The summed E-state index contributed by atoms with van der Waals surface area (Å²) < 4.78 is 11.2. The predicted octanol–water partition coefficient (Wildman–Crippen LogP) is 3.37. The number of benzene rings is 1. The van der Waals surface area contributed by atoms with Gasteiger partial charge in [-0.2, -0.15) is 0 Å². The molecule has 0 bridgehead atoms. The second-order valence-electron chi connectivity index (χ2n) is 7.96. The topological polar surface area (TPSA) is 88.1 Å². The lowest BCUT2D eigenvalue weighted by molar-refractivity contribution is -0.143. The zero-order valence-corrected chi connectivity index (χ0v) is 17.2. The number of amides is 2. The molecule has 1 aromatic carbocycles. The highest BCUT2D eigenvalue weighted by atomic mass is 16.5. The molecule has 0 spiro atoms. The van der Waals surface area contributed by atoms with Crippen LogP contribution in [0.5, 0.6) is 11.5 Å². The van der Waals surface area contributed by atoms with E-state index in [-0.39, 0.29) is 18.5 Å². The molecule has 1 heterocycles. The maximum Gasteiger partial charge on any atom is 0.317 e. The molecule has 2 rings (SSSR count). The summed E-state index contributed by atoms with van der Waals surface area (Å²) in [5, 5.41) is 12.1. The van der Waals surface area contributed by atoms with Crippen molar-refractivity contribution >= 4 is 12.0 Å². The van der Waals surface area contributed by atoms with Crippen LogP contribution in [0.1, 0.15) is 39.2 Å². The number of rotatable bonds is 8. The Labute approximate surface area is 167 Å². The minimum Gasteiger partial charge on any atom is -0.493 e. The van der Waals surface area contributed by atoms with Gasteiger partial charge in [-0.05, 0) is 42.4 Å². The van der Waals surface area contributed by atoms with Gasteiger partial charge in [-0.3, -0.25) is 4.79 Å². The molecule has 2 atom stereocenters. The summed E-state index contributed by atoms with van der Waals surface area (Å²) in [6.07, 6.45) is 1.57. The summed E-state index contributed by atoms with van der Waals surface area (Å²) in [6.45, 7) is 8.05. The van der Waals surface area contributed by atoms with Gasteiger partial charge in [0.1, 0.15) is 0 Å². The van der Waals surface area contributed by atoms with Gasteiger partial charge >= 0.3 is 12.0 Å². The van der Waals surface area contributed by atoms with Crippen molar-refractivity contribution in [2.75, 3.05) is 26.8 Å². The Morgan fingerprint density at radius 2 is 2.04 bits per heavy atom. The monoisotopic (exact) mass is 392 g/mol. The van der Waals surface area contributed by atoms with Crippen LogP contribution in [0.4, 0.5) is 4.79 Å². The molecule has 156 valence electrons. The fourth-order valence-electron chi connectivity index (χ4n) is 3.33. The molecule has 7 nitrogen and oxygen atoms in total. The smallest absolute Gasteiger partial charge is 0.317 e. The molecule has 1 aliphatic heterocycles. The third-order valence-corrected chi connectivity index (χ3v) is 4.92. The second kappa shape index (κ2) is 10.2. The Balaban J connectivity index is 1.92. The van der Waals surface area contributed by atoms with Crippen LogP contribution in [0.25, 0.3) is 0 Å². The fraction of sp³-hybridized carbons (Fsp3) is 0.619. The number of methoxy groups -OCH3 is 1. The Bertz CT molecular complexity index is 677. The lowest BCUT2D eigenvalue weighted by atomic mass is 9.91. The highest BCUT2D eigenvalue weighted by Gasteiger charge is 2.31. The number of nitrogens with one attached hydrogen (secondary N) is 1. The average molecular weight is 392 g/mol. The molecular formula is C21H32N2O5. The van der Waals surface area contributed by atoms with E-state index in [1.54, 1.807) is 12.0 Å². The maximum absolute atomic E-state index is 12.5. The van der Waals surface area contributed by atoms with Gasteiger partial charge < -0.3 is 24.8 Å². The molecule has 7 heteroatoms. The van der Waals surface area contributed by atoms with E-state index >= 15 is 0 Å². The van der Waals surface area contributed by atoms with E-state index in [0.717, 1.165) is 12.0 Å². The van der Waals surface area contributed by atoms with Gasteiger partial charge in [0.15, 0.2) is 11.5 Å². The van der Waals surface area contributed by atoms with Gasteiger partial charge in [-0.15, -0.1) is 0 Å². The number of likely N-dealkylation sites (tertiary alicyclic amines) is 1. The molecule has 2 amide bonds. The summed E-state index contributed by atoms with van der Waals surface area (Å²) in [6, 6.07) is 5.36. The van der Waals surface area contributed by atoms with Crippen molar-refractivity contribution in [2.24, 2.45) is 17.8 Å². The van der Waals surface area contributed by atoms with Crippen molar-refractivity contribution in [1.29, 1.82) is 0 Å². The van der Waals surface area contributed by atoms with E-state index in [0.29, 0.717) is 43.5 Å². The number of hydrogen-bond acceptors (Lipinski definition) is 4. The fourth-order valence-corrected chi connectivity index (χ4v) is 3.33. The minimum atomic E-state index is -0.845. The highest BCUT2D eigenvalue weighted by molar-refractivity contribution is 5.76. The number of carbonyl (C=O) groups is 2. The van der Waals surface area contributed by atoms with Crippen molar-refractivity contribution in [3.8, 4) is 11.5 Å². The van der Waals surface area contributed by atoms with Crippen LogP contribution in [0, 0.1) is 17.8 Å². The quantitative estimate of drug-likeness (QED) is 0.708. The van der Waals surface area contributed by atoms with Crippen molar-refractivity contribution < 1.29 is 24.2 Å². The summed E-state index contributed by atoms with van der Waals surface area (Å²) in [5.41, 5.74) is 0.890. The SMILES string of the molecule is COc1cc(CNC(=O)N2CC(C)CC(C(=O)O)C2)ccc1OCCC(C)C. The van der Waals surface area contributed by atoms with Crippen molar-refractivity contribution in [2.45, 2.75) is 40.2 Å². The number of carboxylic acid groups (broad SMARTS) is 1. The molecule has 2 N–H and O–H groups in total. The van der Waals surface area contributed by atoms with E-state index in [1.807, 2.05) is 25.1 Å². The van der Waals surface area contributed by atoms with Gasteiger partial charge in [0, 0.05) is 19.6 Å². The van der Waals surface area contributed by atoms with Crippen LogP contribution < -0.4 is 14.8 Å². The number of ether oxygens (including phenoxy) is 2. The molecule has 1 aromatic rings. The Kier molecular flexibility index (Phi) is 7.96. The lowest BCUT2D eigenvalue weighted by Crippen LogP contribution is -2.49. The zero-order chi connectivity index (χ0) is 20.7. The number of urea groups is 1. The second-order valence-corrected chi connectivity index (χ2v) is 7.96. The van der Waals surface area contributed by atoms with E-state index in [1.165, 1.54) is 0 Å². The van der Waals surface area contributed by atoms with Crippen molar-refractivity contribution in [1.82, 2.24) is 10.2 Å². The van der Waals surface area contributed by atoms with Gasteiger partial charge in [0.05, 0.1) is 19.6 Å². The standard InChI is InChI=1S/C21H32N2O5/c1-14(2)7-8-28-18-6-5-16(10-19(18)27-4)11-22-21(26)23-12-15(3)9-17(13-23)20(24)25/h5-6,10,14-15,17H,7-9,11-13H2,1-4H3,(H,22,26)(H,24,25). The van der Waals surface area contributed by atoms with E-state index in [9.17, 15) is 14.7 Å². The van der Waals surface area contributed by atoms with Crippen molar-refractivity contribution in [3.05, 3.63) is 23.8 Å². The zero-order valence-electron chi connectivity index (χ0n) is 17.2. The first-order chi connectivity index (χ1) is 13.3. The van der Waals surface area contributed by atoms with Crippen LogP contribution in [0.2, 0.25) is 0 Å². The molecule has 1 saturated heterocycles. The summed E-state index contributed by atoms with van der Waals surface area (Å²) in [5.74, 6) is 0.709. The average Bonchev–Trinajstić information content (AvgIpc) is 2.65. The lowest BCUT2D eigenvalue weighted by Gasteiger charge is -2.34. The highest BCUT2D eigenvalue weighted by Crippen LogP contribution is 2.28. The Hall–Kier alpha value is -2.44. The van der Waals surface area contributed by atoms with Crippen LogP contribution in [-0.2, 0) is 11.3 Å². The molecule has 1 aliphatic rings. The maximum atomic E-state index is 12.5. The Morgan fingerprint density at radius 3 is 2.68 bits per heavy atom. The third-order valence-electron chi connectivity index (χ3n) is 4.92. The van der Waals surface area contributed by atoms with Crippen molar-refractivity contribution in [3.63, 3.8) is 0 Å². The first-order valence-electron chi connectivity index (χ1n) is 9.85. The van der Waals surface area contributed by atoms with E-state index in [4.69, 9.17) is 9.47 Å². The summed E-state index contributed by atoms with van der Waals surface area (Å²) in [4.78, 5) is 25.3. The molecule has 0 aliphatic carbocycles. The third kappa shape index (κ3) is 6.32. The van der Waals surface area contributed by atoms with Gasteiger partial charge in [0.2, 0.25) is 0 Å². The van der Waals surface area contributed by atoms with Crippen LogP contribution >= 0.6 is 0 Å². The number of carboxylic acids is 1. The van der Waals surface area contributed by atoms with Crippen LogP contribution in [0.15, 0.2) is 18.2 Å². The normalized spacial score (nSPS) is 19.4. The molecule has 0 saturated carbocycles. The molecule has 28 heavy (non-hydrogen) atoms. The summed E-state index contributed by atoms with van der Waals surface area (Å²) in [7, 11) is 1.59. The number of nitrogens with zero attached hydrogens (tertiary/aromatic N) is 1. The van der Waals surface area contributed by atoms with Gasteiger partial charge in [-0.25, -0.2) is 4.79 Å². The number of piperidine rings is 1. The molecule has 1 fully saturated rings. The number of hydrogen-bond donors (Lipinski definition) is 2. The minimum absolute atomic E-state index is 0.169. The first-order valence-corrected chi connectivity index (χ1v) is 9.85. The van der Waals surface area contributed by atoms with Gasteiger partial charge in [0.25, 0.3) is 0 Å². The molecule has 2 unspecified atom stereocenters. The molecule has 0 aromatic heterocycles. The van der Waals surface area contributed by atoms with Crippen LogP contribution in [-0.4, -0.2) is 48.8 Å². The predicted molar refractivity (Wildman–Crippen MR) is 107 cm³/mol. The first kappa shape index (κ1) is 21.9. The molecular weight excluding hydrogens is 360 g/mol. The van der Waals surface area contributed by atoms with Gasteiger partial charge in [-0.1, -0.05) is 26.8 Å². The summed E-state index contributed by atoms with van der Waals surface area (Å²) >= 11 is 0. The van der Waals surface area contributed by atoms with Crippen LogP contribution in [0.3, 0.4) is 0 Å².